The zero-order valence-corrected chi connectivity index (χ0v) is 15.0. The molecule has 1 aliphatic carbocycles. The van der Waals surface area contributed by atoms with Crippen molar-refractivity contribution in [2.75, 3.05) is 10.6 Å². The fourth-order valence-electron chi connectivity index (χ4n) is 3.31. The average molecular weight is 338 g/mol. The van der Waals surface area contributed by atoms with Crippen molar-refractivity contribution < 1.29 is 4.79 Å². The highest BCUT2D eigenvalue weighted by molar-refractivity contribution is 6.03. The van der Waals surface area contributed by atoms with E-state index < -0.39 is 0 Å². The number of benzene rings is 1. The number of carbonyl (C=O) groups is 1. The smallest absolute Gasteiger partial charge is 0.274 e. The second-order valence-electron chi connectivity index (χ2n) is 6.84. The number of carbonyl (C=O) groups excluding carboxylic acids is 1. The van der Waals surface area contributed by atoms with Gasteiger partial charge in [0.1, 0.15) is 17.3 Å². The molecule has 2 N–H and O–H groups in total. The van der Waals surface area contributed by atoms with Crippen molar-refractivity contribution in [3.63, 3.8) is 0 Å². The molecule has 3 rings (SSSR count). The summed E-state index contributed by atoms with van der Waals surface area (Å²) in [6, 6.07) is 9.93. The number of amides is 1. The van der Waals surface area contributed by atoms with Crippen LogP contribution in [0.5, 0.6) is 0 Å². The van der Waals surface area contributed by atoms with E-state index in [0.29, 0.717) is 17.6 Å². The van der Waals surface area contributed by atoms with Crippen LogP contribution < -0.4 is 10.6 Å². The first-order valence-electron chi connectivity index (χ1n) is 9.10. The number of nitrogens with one attached hydrogen (secondary N) is 2. The largest absolute Gasteiger partial charge is 0.367 e. The first-order chi connectivity index (χ1) is 12.1. The van der Waals surface area contributed by atoms with Gasteiger partial charge in [-0.1, -0.05) is 37.8 Å². The molecule has 1 heterocycles. The lowest BCUT2D eigenvalue weighted by Crippen LogP contribution is -2.21. The molecule has 132 valence electrons. The molecule has 1 aromatic carbocycles. The molecule has 0 unspecified atom stereocenters. The number of anilines is 2. The van der Waals surface area contributed by atoms with E-state index in [-0.39, 0.29) is 5.91 Å². The predicted octanol–water partition coefficient (Wildman–Crippen LogP) is 4.48. The van der Waals surface area contributed by atoms with Gasteiger partial charge in [-0.2, -0.15) is 0 Å². The van der Waals surface area contributed by atoms with Crippen LogP contribution in [0.15, 0.2) is 30.3 Å². The Morgan fingerprint density at radius 1 is 1.04 bits per heavy atom. The molecular weight excluding hydrogens is 312 g/mol. The molecule has 25 heavy (non-hydrogen) atoms. The van der Waals surface area contributed by atoms with Crippen LogP contribution in [0.4, 0.5) is 11.5 Å². The first-order valence-corrected chi connectivity index (χ1v) is 9.10. The number of aromatic nitrogens is 2. The Labute approximate surface area is 149 Å². The number of nitrogens with zero attached hydrogens (tertiary/aromatic N) is 2. The van der Waals surface area contributed by atoms with Crippen molar-refractivity contribution >= 4 is 17.4 Å². The number of hydrogen-bond acceptors (Lipinski definition) is 4. The predicted molar refractivity (Wildman–Crippen MR) is 101 cm³/mol. The number of aryl methyl sites for hydroxylation is 2. The zero-order chi connectivity index (χ0) is 17.6. The second-order valence-corrected chi connectivity index (χ2v) is 6.84. The highest BCUT2D eigenvalue weighted by Gasteiger charge is 2.15. The Kier molecular flexibility index (Phi) is 5.64. The maximum absolute atomic E-state index is 12.5. The standard InChI is InChI=1S/C20H26N4O/c1-14-8-7-11-17(12-14)24-20(25)18-13-19(22-15(2)21-18)23-16-9-5-3-4-6-10-16/h7-8,11-13,16H,3-6,9-10H2,1-2H3,(H,24,25)(H,21,22,23). The van der Waals surface area contributed by atoms with Crippen molar-refractivity contribution in [3.8, 4) is 0 Å². The van der Waals surface area contributed by atoms with Gasteiger partial charge < -0.3 is 10.6 Å². The van der Waals surface area contributed by atoms with Gasteiger partial charge in [0.05, 0.1) is 0 Å². The fraction of sp³-hybridized carbons (Fsp3) is 0.450. The fourth-order valence-corrected chi connectivity index (χ4v) is 3.31. The summed E-state index contributed by atoms with van der Waals surface area (Å²) < 4.78 is 0. The minimum absolute atomic E-state index is 0.208. The van der Waals surface area contributed by atoms with Crippen LogP contribution in [-0.4, -0.2) is 21.9 Å². The van der Waals surface area contributed by atoms with Crippen molar-refractivity contribution in [2.45, 2.75) is 58.4 Å². The van der Waals surface area contributed by atoms with Gasteiger partial charge in [-0.15, -0.1) is 0 Å². The molecule has 5 nitrogen and oxygen atoms in total. The molecule has 1 amide bonds. The summed E-state index contributed by atoms with van der Waals surface area (Å²) in [6.45, 7) is 3.82. The molecule has 1 aliphatic rings. The normalized spacial score (nSPS) is 15.4. The zero-order valence-electron chi connectivity index (χ0n) is 15.0. The molecule has 0 aliphatic heterocycles. The molecule has 0 saturated heterocycles. The van der Waals surface area contributed by atoms with E-state index >= 15 is 0 Å². The lowest BCUT2D eigenvalue weighted by Gasteiger charge is -2.17. The second kappa shape index (κ2) is 8.10. The van der Waals surface area contributed by atoms with Crippen molar-refractivity contribution in [2.24, 2.45) is 0 Å². The molecule has 0 atom stereocenters. The molecule has 0 radical (unpaired) electrons. The Hall–Kier alpha value is -2.43. The van der Waals surface area contributed by atoms with Gasteiger partial charge in [-0.25, -0.2) is 9.97 Å². The summed E-state index contributed by atoms with van der Waals surface area (Å²) in [5.41, 5.74) is 2.28. The van der Waals surface area contributed by atoms with Crippen LogP contribution in [0.25, 0.3) is 0 Å². The maximum atomic E-state index is 12.5. The average Bonchev–Trinajstić information content (AvgIpc) is 2.83. The summed E-state index contributed by atoms with van der Waals surface area (Å²) in [7, 11) is 0. The van der Waals surface area contributed by atoms with E-state index in [0.717, 1.165) is 29.9 Å². The van der Waals surface area contributed by atoms with E-state index in [1.807, 2.05) is 38.1 Å². The first kappa shape index (κ1) is 17.4. The lowest BCUT2D eigenvalue weighted by molar-refractivity contribution is 0.102. The van der Waals surface area contributed by atoms with Gasteiger partial charge >= 0.3 is 0 Å². The van der Waals surface area contributed by atoms with Gasteiger partial charge in [-0.3, -0.25) is 4.79 Å². The van der Waals surface area contributed by atoms with E-state index in [1.165, 1.54) is 25.7 Å². The maximum Gasteiger partial charge on any atom is 0.274 e. The van der Waals surface area contributed by atoms with Crippen LogP contribution >= 0.6 is 0 Å². The van der Waals surface area contributed by atoms with E-state index in [2.05, 4.69) is 20.6 Å². The summed E-state index contributed by atoms with van der Waals surface area (Å²) in [6.07, 6.45) is 7.45. The molecule has 0 bridgehead atoms. The van der Waals surface area contributed by atoms with Gasteiger partial charge in [0, 0.05) is 17.8 Å². The summed E-state index contributed by atoms with van der Waals surface area (Å²) in [5.74, 6) is 1.14. The van der Waals surface area contributed by atoms with Crippen LogP contribution in [0.2, 0.25) is 0 Å². The molecule has 1 fully saturated rings. The monoisotopic (exact) mass is 338 g/mol. The summed E-state index contributed by atoms with van der Waals surface area (Å²) >= 11 is 0. The molecule has 1 aromatic heterocycles. The summed E-state index contributed by atoms with van der Waals surface area (Å²) in [4.78, 5) is 21.3. The van der Waals surface area contributed by atoms with E-state index in [1.54, 1.807) is 6.07 Å². The highest BCUT2D eigenvalue weighted by Crippen LogP contribution is 2.21. The van der Waals surface area contributed by atoms with E-state index in [9.17, 15) is 4.79 Å². The molecule has 1 saturated carbocycles. The van der Waals surface area contributed by atoms with Crippen LogP contribution in [0.1, 0.15) is 60.4 Å². The third-order valence-electron chi connectivity index (χ3n) is 4.55. The van der Waals surface area contributed by atoms with Gasteiger partial charge in [0.25, 0.3) is 5.91 Å². The SMILES string of the molecule is Cc1cccc(NC(=O)c2cc(NC3CCCCCC3)nc(C)n2)c1. The van der Waals surface area contributed by atoms with Gasteiger partial charge in [-0.05, 0) is 44.4 Å². The Morgan fingerprint density at radius 3 is 2.52 bits per heavy atom. The topological polar surface area (TPSA) is 66.9 Å². The van der Waals surface area contributed by atoms with Crippen LogP contribution in [-0.2, 0) is 0 Å². The van der Waals surface area contributed by atoms with Gasteiger partial charge in [0.15, 0.2) is 0 Å². The Bertz CT molecular complexity index is 736. The Morgan fingerprint density at radius 2 is 1.80 bits per heavy atom. The molecule has 5 heteroatoms. The molecular formula is C20H26N4O. The quantitative estimate of drug-likeness (QED) is 0.807. The highest BCUT2D eigenvalue weighted by atomic mass is 16.1. The minimum Gasteiger partial charge on any atom is -0.367 e. The Balaban J connectivity index is 1.72. The van der Waals surface area contributed by atoms with Crippen LogP contribution in [0, 0.1) is 13.8 Å². The molecule has 2 aromatic rings. The third kappa shape index (κ3) is 5.02. The molecule has 0 spiro atoms. The van der Waals surface area contributed by atoms with Crippen LogP contribution in [0.3, 0.4) is 0 Å². The summed E-state index contributed by atoms with van der Waals surface area (Å²) in [5, 5.41) is 6.41. The van der Waals surface area contributed by atoms with Gasteiger partial charge in [0.2, 0.25) is 0 Å². The van der Waals surface area contributed by atoms with E-state index in [4.69, 9.17) is 0 Å². The minimum atomic E-state index is -0.208. The van der Waals surface area contributed by atoms with Crippen molar-refractivity contribution in [3.05, 3.63) is 47.4 Å². The van der Waals surface area contributed by atoms with Crippen molar-refractivity contribution in [1.29, 1.82) is 0 Å². The number of rotatable bonds is 4. The third-order valence-corrected chi connectivity index (χ3v) is 4.55. The van der Waals surface area contributed by atoms with Crippen molar-refractivity contribution in [1.82, 2.24) is 9.97 Å². The number of hydrogen-bond donors (Lipinski definition) is 2. The lowest BCUT2D eigenvalue weighted by atomic mass is 10.1.